The third-order valence-electron chi connectivity index (χ3n) is 3.44. The minimum absolute atomic E-state index is 0.204. The molecule has 20 heavy (non-hydrogen) atoms. The Morgan fingerprint density at radius 1 is 1.25 bits per heavy atom. The molecule has 0 aromatic heterocycles. The molecule has 0 N–H and O–H groups in total. The van der Waals surface area contributed by atoms with Gasteiger partial charge in [-0.2, -0.15) is 0 Å². The summed E-state index contributed by atoms with van der Waals surface area (Å²) < 4.78 is 5.06. The van der Waals surface area contributed by atoms with Gasteiger partial charge in [0, 0.05) is 6.08 Å². The highest BCUT2D eigenvalue weighted by Gasteiger charge is 2.23. The number of ether oxygens (including phenoxy) is 1. The fraction of sp³-hybridized carbons (Fsp3) is 0.471. The van der Waals surface area contributed by atoms with Crippen molar-refractivity contribution in [2.24, 2.45) is 0 Å². The summed E-state index contributed by atoms with van der Waals surface area (Å²) in [6.45, 7) is 11.3. The molecule has 0 radical (unpaired) electrons. The zero-order valence-electron chi connectivity index (χ0n) is 13.3. The Hall–Kier alpha value is -1.35. The van der Waals surface area contributed by atoms with Crippen molar-refractivity contribution in [3.8, 4) is 0 Å². The molecule has 0 spiro atoms. The predicted molar refractivity (Wildman–Crippen MR) is 87.5 cm³/mol. The van der Waals surface area contributed by atoms with E-state index in [2.05, 4.69) is 50.8 Å². The average Bonchev–Trinajstić information content (AvgIpc) is 2.38. The summed E-state index contributed by atoms with van der Waals surface area (Å²) in [4.78, 5) is 11.7. The minimum atomic E-state index is -1.51. The number of esters is 1. The second kappa shape index (κ2) is 7.43. The molecule has 1 unspecified atom stereocenters. The molecule has 0 heterocycles. The monoisotopic (exact) mass is 290 g/mol. The van der Waals surface area contributed by atoms with Gasteiger partial charge in [0.05, 0.1) is 14.7 Å². The van der Waals surface area contributed by atoms with Crippen LogP contribution < -0.4 is 0 Å². The summed E-state index contributed by atoms with van der Waals surface area (Å²) in [6.07, 6.45) is 2.66. The van der Waals surface area contributed by atoms with Crippen molar-refractivity contribution < 1.29 is 9.53 Å². The Labute approximate surface area is 123 Å². The van der Waals surface area contributed by atoms with Crippen LogP contribution in [0.1, 0.15) is 31.7 Å². The fourth-order valence-electron chi connectivity index (χ4n) is 2.14. The molecule has 0 aliphatic rings. The molecule has 1 aromatic carbocycles. The van der Waals surface area contributed by atoms with Gasteiger partial charge >= 0.3 is 5.97 Å². The van der Waals surface area contributed by atoms with Crippen molar-refractivity contribution in [2.75, 3.05) is 6.61 Å². The van der Waals surface area contributed by atoms with Gasteiger partial charge in [0.25, 0.3) is 0 Å². The Morgan fingerprint density at radius 3 is 2.35 bits per heavy atom. The highest BCUT2D eigenvalue weighted by molar-refractivity contribution is 6.83. The first-order valence-corrected chi connectivity index (χ1v) is 10.8. The van der Waals surface area contributed by atoms with Gasteiger partial charge < -0.3 is 4.74 Å². The number of carbonyl (C=O) groups excluding carboxylic acids is 1. The molecule has 0 aliphatic carbocycles. The van der Waals surface area contributed by atoms with Gasteiger partial charge in [0.2, 0.25) is 0 Å². The Balaban J connectivity index is 2.89. The molecule has 0 aliphatic heterocycles. The molecule has 1 atom stereocenters. The molecule has 0 bridgehead atoms. The van der Waals surface area contributed by atoms with Crippen LogP contribution in [0.5, 0.6) is 0 Å². The second-order valence-corrected chi connectivity index (χ2v) is 11.3. The SMILES string of the molecule is CCOC(=O)/C=C(/CC(C)c1ccccc1)[Si](C)(C)C. The average molecular weight is 290 g/mol. The summed E-state index contributed by atoms with van der Waals surface area (Å²) in [7, 11) is -1.51. The predicted octanol–water partition coefficient (Wildman–Crippen LogP) is 4.55. The first-order chi connectivity index (χ1) is 9.34. The van der Waals surface area contributed by atoms with Gasteiger partial charge in [-0.05, 0) is 24.8 Å². The van der Waals surface area contributed by atoms with E-state index in [1.807, 2.05) is 13.0 Å². The molecule has 1 rings (SSSR count). The molecule has 1 aromatic rings. The van der Waals surface area contributed by atoms with Gasteiger partial charge in [-0.1, -0.05) is 62.1 Å². The van der Waals surface area contributed by atoms with E-state index in [-0.39, 0.29) is 5.97 Å². The quantitative estimate of drug-likeness (QED) is 0.436. The first kappa shape index (κ1) is 16.7. The van der Waals surface area contributed by atoms with E-state index in [1.54, 1.807) is 6.08 Å². The van der Waals surface area contributed by atoms with Crippen molar-refractivity contribution in [1.82, 2.24) is 0 Å². The molecule has 0 fully saturated rings. The largest absolute Gasteiger partial charge is 0.463 e. The van der Waals surface area contributed by atoms with Crippen molar-refractivity contribution in [2.45, 2.75) is 45.8 Å². The van der Waals surface area contributed by atoms with E-state index in [0.717, 1.165) is 6.42 Å². The Morgan fingerprint density at radius 2 is 1.85 bits per heavy atom. The molecular formula is C17H26O2Si. The van der Waals surface area contributed by atoms with E-state index in [9.17, 15) is 4.79 Å². The van der Waals surface area contributed by atoms with Gasteiger partial charge in [-0.15, -0.1) is 0 Å². The lowest BCUT2D eigenvalue weighted by atomic mass is 9.97. The van der Waals surface area contributed by atoms with Crippen LogP contribution in [0.15, 0.2) is 41.6 Å². The Bertz CT molecular complexity index is 458. The van der Waals surface area contributed by atoms with Crippen molar-refractivity contribution in [1.29, 1.82) is 0 Å². The lowest BCUT2D eigenvalue weighted by Gasteiger charge is -2.24. The normalized spacial score (nSPS) is 13.9. The molecule has 0 amide bonds. The molecule has 0 saturated heterocycles. The van der Waals surface area contributed by atoms with Crippen LogP contribution in [0.3, 0.4) is 0 Å². The van der Waals surface area contributed by atoms with Crippen molar-refractivity contribution in [3.05, 3.63) is 47.2 Å². The van der Waals surface area contributed by atoms with E-state index < -0.39 is 8.07 Å². The maximum absolute atomic E-state index is 11.7. The van der Waals surface area contributed by atoms with Crippen molar-refractivity contribution >= 4 is 14.0 Å². The summed E-state index contributed by atoms with van der Waals surface area (Å²) in [5, 5.41) is 1.27. The van der Waals surface area contributed by atoms with Crippen LogP contribution in [0, 0.1) is 0 Å². The number of allylic oxidation sites excluding steroid dienone is 1. The number of hydrogen-bond donors (Lipinski definition) is 0. The van der Waals surface area contributed by atoms with Crippen LogP contribution in [0.25, 0.3) is 0 Å². The smallest absolute Gasteiger partial charge is 0.330 e. The number of carbonyl (C=O) groups is 1. The molecule has 0 saturated carbocycles. The van der Waals surface area contributed by atoms with Crippen LogP contribution in [0.4, 0.5) is 0 Å². The molecule has 110 valence electrons. The zero-order chi connectivity index (χ0) is 15.2. The van der Waals surface area contributed by atoms with Crippen molar-refractivity contribution in [3.63, 3.8) is 0 Å². The third kappa shape index (κ3) is 5.33. The zero-order valence-corrected chi connectivity index (χ0v) is 14.3. The molecular weight excluding hydrogens is 264 g/mol. The van der Waals surface area contributed by atoms with E-state index >= 15 is 0 Å². The van der Waals surface area contributed by atoms with Gasteiger partial charge in [-0.25, -0.2) is 4.79 Å². The maximum atomic E-state index is 11.7. The highest BCUT2D eigenvalue weighted by Crippen LogP contribution is 2.28. The topological polar surface area (TPSA) is 26.3 Å². The van der Waals surface area contributed by atoms with Gasteiger partial charge in [-0.3, -0.25) is 0 Å². The van der Waals surface area contributed by atoms with Crippen LogP contribution in [-0.4, -0.2) is 20.7 Å². The summed E-state index contributed by atoms with van der Waals surface area (Å²) in [6, 6.07) is 10.5. The minimum Gasteiger partial charge on any atom is -0.463 e. The fourth-order valence-corrected chi connectivity index (χ4v) is 3.61. The van der Waals surface area contributed by atoms with Crippen LogP contribution >= 0.6 is 0 Å². The molecule has 2 nitrogen and oxygen atoms in total. The third-order valence-corrected chi connectivity index (χ3v) is 5.71. The summed E-state index contributed by atoms with van der Waals surface area (Å²) >= 11 is 0. The van der Waals surface area contributed by atoms with E-state index in [4.69, 9.17) is 4.74 Å². The molecule has 3 heteroatoms. The summed E-state index contributed by atoms with van der Waals surface area (Å²) in [5.41, 5.74) is 1.32. The number of hydrogen-bond acceptors (Lipinski definition) is 2. The first-order valence-electron chi connectivity index (χ1n) is 7.27. The van der Waals surface area contributed by atoms with E-state index in [1.165, 1.54) is 10.8 Å². The van der Waals surface area contributed by atoms with Crippen LogP contribution in [0.2, 0.25) is 19.6 Å². The highest BCUT2D eigenvalue weighted by atomic mass is 28.3. The second-order valence-electron chi connectivity index (χ2n) is 6.19. The Kier molecular flexibility index (Phi) is 6.21. The maximum Gasteiger partial charge on any atom is 0.330 e. The number of benzene rings is 1. The van der Waals surface area contributed by atoms with Gasteiger partial charge in [0.1, 0.15) is 0 Å². The van der Waals surface area contributed by atoms with Crippen LogP contribution in [-0.2, 0) is 9.53 Å². The lowest BCUT2D eigenvalue weighted by Crippen LogP contribution is -2.26. The lowest BCUT2D eigenvalue weighted by molar-refractivity contribution is -0.137. The van der Waals surface area contributed by atoms with E-state index in [0.29, 0.717) is 12.5 Å². The van der Waals surface area contributed by atoms with Gasteiger partial charge in [0.15, 0.2) is 0 Å². The summed E-state index contributed by atoms with van der Waals surface area (Å²) in [5.74, 6) is 0.216. The standard InChI is InChI=1S/C17H26O2Si/c1-6-19-17(18)13-16(20(3,4)5)12-14(2)15-10-8-7-9-11-15/h7-11,13-14H,6,12H2,1-5H3/b16-13-. The number of rotatable bonds is 6.